The molecule has 36 heavy (non-hydrogen) atoms. The van der Waals surface area contributed by atoms with Gasteiger partial charge in [-0.05, 0) is 31.4 Å². The third-order valence-corrected chi connectivity index (χ3v) is 7.22. The molecule has 0 bridgehead atoms. The highest BCUT2D eigenvalue weighted by atomic mass is 19.4. The molecular weight excluding hydrogens is 471 g/mol. The highest BCUT2D eigenvalue weighted by molar-refractivity contribution is 5.88. The molecule has 11 heteroatoms. The number of hydrogen-bond acceptors (Lipinski definition) is 6. The van der Waals surface area contributed by atoms with E-state index in [1.54, 1.807) is 24.0 Å². The van der Waals surface area contributed by atoms with E-state index in [1.807, 2.05) is 6.92 Å². The van der Waals surface area contributed by atoms with Crippen molar-refractivity contribution < 1.29 is 13.2 Å². The zero-order valence-electron chi connectivity index (χ0n) is 20.8. The molecule has 0 unspecified atom stereocenters. The third kappa shape index (κ3) is 4.69. The number of aromatic nitrogens is 4. The zero-order valence-corrected chi connectivity index (χ0v) is 20.8. The van der Waals surface area contributed by atoms with E-state index in [1.165, 1.54) is 16.8 Å². The van der Waals surface area contributed by atoms with E-state index in [0.29, 0.717) is 24.1 Å². The summed E-state index contributed by atoms with van der Waals surface area (Å²) in [6.07, 6.45) is 0.200. The first kappa shape index (κ1) is 25.7. The fourth-order valence-electron chi connectivity index (χ4n) is 5.08. The summed E-state index contributed by atoms with van der Waals surface area (Å²) in [5.74, 6) is 0. The van der Waals surface area contributed by atoms with Crippen molar-refractivity contribution in [3.8, 4) is 6.07 Å². The molecule has 1 saturated heterocycles. The van der Waals surface area contributed by atoms with E-state index in [0.717, 1.165) is 30.2 Å². The molecule has 1 fully saturated rings. The molecule has 0 N–H and O–H groups in total. The van der Waals surface area contributed by atoms with Crippen molar-refractivity contribution in [2.24, 2.45) is 7.05 Å². The van der Waals surface area contributed by atoms with Crippen LogP contribution in [-0.4, -0.2) is 49.4 Å². The van der Waals surface area contributed by atoms with Gasteiger partial charge in [0.25, 0.3) is 5.56 Å². The maximum Gasteiger partial charge on any atom is 0.433 e. The summed E-state index contributed by atoms with van der Waals surface area (Å²) in [6.45, 7) is 7.56. The number of halogens is 3. The lowest BCUT2D eigenvalue weighted by atomic mass is 9.97. The lowest BCUT2D eigenvalue weighted by Gasteiger charge is -2.49. The van der Waals surface area contributed by atoms with Crippen LogP contribution < -0.4 is 10.5 Å². The van der Waals surface area contributed by atoms with Gasteiger partial charge in [0, 0.05) is 50.5 Å². The number of fused-ring (bicyclic) bond motifs is 1. The number of nitriles is 1. The lowest BCUT2D eigenvalue weighted by molar-refractivity contribution is -0.141. The Morgan fingerprint density at radius 2 is 1.92 bits per heavy atom. The predicted molar refractivity (Wildman–Crippen MR) is 130 cm³/mol. The molecule has 0 amide bonds. The first-order valence-corrected chi connectivity index (χ1v) is 12.1. The molecule has 0 saturated carbocycles. The molecule has 0 spiro atoms. The molecular formula is C25H30F3N7O. The molecule has 192 valence electrons. The molecule has 3 atom stereocenters. The van der Waals surface area contributed by atoms with Gasteiger partial charge in [0.2, 0.25) is 0 Å². The second-order valence-corrected chi connectivity index (χ2v) is 9.27. The van der Waals surface area contributed by atoms with Crippen molar-refractivity contribution in [3.63, 3.8) is 0 Å². The fraction of sp³-hybridized carbons (Fsp3) is 0.520. The second kappa shape index (κ2) is 9.93. The number of piperazine rings is 1. The van der Waals surface area contributed by atoms with Crippen molar-refractivity contribution in [1.82, 2.24) is 24.2 Å². The average molecular weight is 502 g/mol. The fourth-order valence-corrected chi connectivity index (χ4v) is 5.08. The van der Waals surface area contributed by atoms with E-state index < -0.39 is 11.9 Å². The number of rotatable bonds is 6. The summed E-state index contributed by atoms with van der Waals surface area (Å²) in [5.41, 5.74) is 1.78. The zero-order chi connectivity index (χ0) is 26.2. The Morgan fingerprint density at radius 3 is 2.50 bits per heavy atom. The van der Waals surface area contributed by atoms with E-state index >= 15 is 0 Å². The molecule has 1 aliphatic rings. The van der Waals surface area contributed by atoms with E-state index in [9.17, 15) is 18.0 Å². The summed E-state index contributed by atoms with van der Waals surface area (Å²) >= 11 is 0. The van der Waals surface area contributed by atoms with Crippen LogP contribution in [0.2, 0.25) is 0 Å². The van der Waals surface area contributed by atoms with Gasteiger partial charge in [-0.1, -0.05) is 19.9 Å². The van der Waals surface area contributed by atoms with Crippen LogP contribution in [0.25, 0.3) is 11.0 Å². The molecule has 4 rings (SSSR count). The van der Waals surface area contributed by atoms with Gasteiger partial charge in [-0.15, -0.1) is 0 Å². The molecule has 3 aromatic heterocycles. The van der Waals surface area contributed by atoms with Crippen molar-refractivity contribution in [3.05, 3.63) is 52.2 Å². The van der Waals surface area contributed by atoms with E-state index in [-0.39, 0.29) is 30.2 Å². The van der Waals surface area contributed by atoms with Gasteiger partial charge in [-0.2, -0.15) is 23.5 Å². The van der Waals surface area contributed by atoms with Crippen LogP contribution in [-0.2, 0) is 19.8 Å². The Hall–Kier alpha value is -3.39. The van der Waals surface area contributed by atoms with Crippen LogP contribution in [0, 0.1) is 11.3 Å². The van der Waals surface area contributed by atoms with Crippen LogP contribution in [0.5, 0.6) is 0 Å². The molecule has 0 radical (unpaired) electrons. The minimum atomic E-state index is -4.47. The maximum absolute atomic E-state index is 13.0. The van der Waals surface area contributed by atoms with Crippen LogP contribution in [0.15, 0.2) is 35.4 Å². The second-order valence-electron chi connectivity index (χ2n) is 9.27. The summed E-state index contributed by atoms with van der Waals surface area (Å²) in [6, 6.07) is 6.28. The van der Waals surface area contributed by atoms with Crippen molar-refractivity contribution >= 4 is 16.7 Å². The molecule has 1 aliphatic heterocycles. The highest BCUT2D eigenvalue weighted by Gasteiger charge is 2.37. The van der Waals surface area contributed by atoms with Gasteiger partial charge in [-0.3, -0.25) is 19.4 Å². The first-order chi connectivity index (χ1) is 17.1. The van der Waals surface area contributed by atoms with E-state index in [2.05, 4.69) is 39.8 Å². The third-order valence-electron chi connectivity index (χ3n) is 7.22. The van der Waals surface area contributed by atoms with E-state index in [4.69, 9.17) is 5.26 Å². The molecule has 4 heterocycles. The first-order valence-electron chi connectivity index (χ1n) is 12.1. The number of aryl methyl sites for hydroxylation is 1. The Balaban J connectivity index is 1.68. The molecule has 3 aromatic rings. The number of hydrogen-bond donors (Lipinski definition) is 0. The quantitative estimate of drug-likeness (QED) is 0.506. The number of nitrogens with zero attached hydrogens (tertiary/aromatic N) is 7. The highest BCUT2D eigenvalue weighted by Crippen LogP contribution is 2.35. The van der Waals surface area contributed by atoms with Gasteiger partial charge in [0.15, 0.2) is 0 Å². The smallest absolute Gasteiger partial charge is 0.364 e. The topological polar surface area (TPSA) is 83.0 Å². The van der Waals surface area contributed by atoms with Gasteiger partial charge in [0.05, 0.1) is 23.5 Å². The van der Waals surface area contributed by atoms with Gasteiger partial charge < -0.3 is 9.47 Å². The van der Waals surface area contributed by atoms with Crippen molar-refractivity contribution in [2.45, 2.75) is 64.5 Å². The Morgan fingerprint density at radius 1 is 1.19 bits per heavy atom. The summed E-state index contributed by atoms with van der Waals surface area (Å²) < 4.78 is 42.0. The number of alkyl halides is 3. The van der Waals surface area contributed by atoms with Crippen LogP contribution in [0.3, 0.4) is 0 Å². The lowest BCUT2D eigenvalue weighted by Crippen LogP contribution is -2.58. The number of pyridine rings is 2. The van der Waals surface area contributed by atoms with Gasteiger partial charge in [-0.25, -0.2) is 0 Å². The Labute approximate surface area is 207 Å². The molecule has 0 aromatic carbocycles. The standard InChI is InChI=1S/C25H30F3N7O/c1-5-18-14-35(20-11-23(36)32(4)21-15-33(10-9-29)31-24(20)21)19(6-2)13-34(18)16(3)17-7-8-22(30-12-17)25(26,27)28/h7-8,11-12,15-16,18-19H,5-6,10,13-14H2,1-4H3/t16-,18+,19-/m0/s1. The minimum absolute atomic E-state index is 0.0640. The van der Waals surface area contributed by atoms with Crippen molar-refractivity contribution in [2.75, 3.05) is 18.0 Å². The van der Waals surface area contributed by atoms with Crippen LogP contribution in [0.4, 0.5) is 18.9 Å². The van der Waals surface area contributed by atoms with Crippen molar-refractivity contribution in [1.29, 1.82) is 5.26 Å². The number of anilines is 1. The molecule has 8 nitrogen and oxygen atoms in total. The maximum atomic E-state index is 13.0. The SMILES string of the molecule is CC[C@H]1CN([C@@H](C)c2ccc(C(F)(F)F)nc2)[C@H](CC)CN1c1cc(=O)n(C)c2cn(CC#N)nc12. The normalized spacial score (nSPS) is 20.0. The van der Waals surface area contributed by atoms with Crippen LogP contribution in [0.1, 0.15) is 50.9 Å². The molecule has 0 aliphatic carbocycles. The van der Waals surface area contributed by atoms with Gasteiger partial charge in [0.1, 0.15) is 17.8 Å². The van der Waals surface area contributed by atoms with Gasteiger partial charge >= 0.3 is 6.18 Å². The summed E-state index contributed by atoms with van der Waals surface area (Å²) in [4.78, 5) is 21.0. The monoisotopic (exact) mass is 501 g/mol. The average Bonchev–Trinajstić information content (AvgIpc) is 3.29. The largest absolute Gasteiger partial charge is 0.433 e. The Bertz CT molecular complexity index is 1320. The Kier molecular flexibility index (Phi) is 7.09. The summed E-state index contributed by atoms with van der Waals surface area (Å²) in [5, 5.41) is 13.7. The predicted octanol–water partition coefficient (Wildman–Crippen LogP) is 4.11. The minimum Gasteiger partial charge on any atom is -0.364 e. The summed E-state index contributed by atoms with van der Waals surface area (Å²) in [7, 11) is 1.69. The van der Waals surface area contributed by atoms with Crippen LogP contribution >= 0.6 is 0 Å².